The highest BCUT2D eigenvalue weighted by Crippen LogP contribution is 2.09. The van der Waals surface area contributed by atoms with Crippen LogP contribution in [0.5, 0.6) is 0 Å². The Kier molecular flexibility index (Phi) is 4.90. The minimum atomic E-state index is 1.01. The van der Waals surface area contributed by atoms with Gasteiger partial charge in [-0.05, 0) is 28.9 Å². The molecule has 2 nitrogen and oxygen atoms in total. The summed E-state index contributed by atoms with van der Waals surface area (Å²) in [5.41, 5.74) is 2.28. The number of aromatic nitrogens is 1. The normalized spacial score (nSPS) is 8.75. The first kappa shape index (κ1) is 11.4. The van der Waals surface area contributed by atoms with Crippen molar-refractivity contribution in [1.82, 2.24) is 0 Å². The second-order valence-corrected chi connectivity index (χ2v) is 3.25. The van der Waals surface area contributed by atoms with Crippen LogP contribution in [-0.4, -0.2) is 0 Å². The summed E-state index contributed by atoms with van der Waals surface area (Å²) in [6.45, 7) is 8.02. The number of nitrogens with two attached hydrogens (primary N) is 1. The van der Waals surface area contributed by atoms with Crippen LogP contribution in [0.4, 0.5) is 0 Å². The molecule has 12 heavy (non-hydrogen) atoms. The molecule has 0 unspecified atom stereocenters. The maximum atomic E-state index is 5.61. The number of nitrogen functional groups attached to an aromatic ring is 1. The number of aryl methyl sites for hydroxylation is 1. The third kappa shape index (κ3) is 2.81. The van der Waals surface area contributed by atoms with E-state index >= 15 is 0 Å². The lowest BCUT2D eigenvalue weighted by atomic mass is 10.2. The highest BCUT2D eigenvalue weighted by atomic mass is 79.9. The van der Waals surface area contributed by atoms with Gasteiger partial charge in [-0.15, -0.1) is 0 Å². The zero-order chi connectivity index (χ0) is 9.72. The molecule has 0 aliphatic rings. The lowest BCUT2D eigenvalue weighted by Gasteiger charge is -1.96. The van der Waals surface area contributed by atoms with E-state index in [9.17, 15) is 0 Å². The highest BCUT2D eigenvalue weighted by Gasteiger charge is 2.06. The van der Waals surface area contributed by atoms with Crippen LogP contribution in [0.2, 0.25) is 0 Å². The van der Waals surface area contributed by atoms with Crippen molar-refractivity contribution in [3.05, 3.63) is 28.0 Å². The van der Waals surface area contributed by atoms with Crippen molar-refractivity contribution in [3.63, 3.8) is 0 Å². The molecule has 3 heteroatoms. The molecule has 1 aromatic rings. The average molecular weight is 232 g/mol. The van der Waals surface area contributed by atoms with Gasteiger partial charge in [0, 0.05) is 12.5 Å². The molecule has 0 spiro atoms. The second-order valence-electron chi connectivity index (χ2n) is 2.33. The van der Waals surface area contributed by atoms with Crippen molar-refractivity contribution in [2.75, 3.05) is 5.84 Å². The van der Waals surface area contributed by atoms with E-state index < -0.39 is 0 Å². The van der Waals surface area contributed by atoms with E-state index in [1.165, 1.54) is 5.56 Å². The Balaban J connectivity index is 0.000000561. The molecule has 0 aliphatic carbocycles. The predicted octanol–water partition coefficient (Wildman–Crippen LogP) is 2.09. The molecule has 1 rings (SSSR count). The Morgan fingerprint density at radius 2 is 1.83 bits per heavy atom. The Morgan fingerprint density at radius 3 is 2.25 bits per heavy atom. The van der Waals surface area contributed by atoms with Gasteiger partial charge in [0.15, 0.2) is 0 Å². The van der Waals surface area contributed by atoms with E-state index in [0.29, 0.717) is 0 Å². The molecule has 0 bridgehead atoms. The number of nitrogens with zero attached hydrogens (tertiary/aromatic N) is 1. The molecule has 0 atom stereocenters. The summed E-state index contributed by atoms with van der Waals surface area (Å²) in [4.78, 5) is 0. The first-order valence-electron chi connectivity index (χ1n) is 4.05. The zero-order valence-corrected chi connectivity index (χ0v) is 9.64. The van der Waals surface area contributed by atoms with Crippen molar-refractivity contribution in [3.8, 4) is 0 Å². The fourth-order valence-corrected chi connectivity index (χ4v) is 1.35. The summed E-state index contributed by atoms with van der Waals surface area (Å²) in [5, 5.41) is 0. The largest absolute Gasteiger partial charge is 0.213 e. The van der Waals surface area contributed by atoms with Gasteiger partial charge < -0.3 is 0 Å². The van der Waals surface area contributed by atoms with Crippen LogP contribution in [0, 0.1) is 13.8 Å². The summed E-state index contributed by atoms with van der Waals surface area (Å²) in [6, 6.07) is 2.04. The van der Waals surface area contributed by atoms with Gasteiger partial charge in [0.1, 0.15) is 0 Å². The third-order valence-corrected chi connectivity index (χ3v) is 2.01. The van der Waals surface area contributed by atoms with Gasteiger partial charge in [-0.2, -0.15) is 0 Å². The van der Waals surface area contributed by atoms with E-state index in [-0.39, 0.29) is 0 Å². The summed E-state index contributed by atoms with van der Waals surface area (Å²) in [6.07, 6.45) is 1.84. The Labute approximate surface area is 82.5 Å². The summed E-state index contributed by atoms with van der Waals surface area (Å²) in [7, 11) is 0. The lowest BCUT2D eigenvalue weighted by molar-refractivity contribution is -0.646. The van der Waals surface area contributed by atoms with Crippen LogP contribution in [0.15, 0.2) is 16.7 Å². The van der Waals surface area contributed by atoms with Crippen molar-refractivity contribution >= 4 is 15.9 Å². The second kappa shape index (κ2) is 5.14. The minimum Gasteiger partial charge on any atom is -0.205 e. The first-order chi connectivity index (χ1) is 5.61. The third-order valence-electron chi connectivity index (χ3n) is 1.57. The number of hydrogen-bond donors (Lipinski definition) is 1. The number of rotatable bonds is 0. The first-order valence-corrected chi connectivity index (χ1v) is 4.84. The molecular formula is C9H16BrN2+. The molecule has 0 aromatic carbocycles. The molecule has 0 saturated heterocycles. The molecule has 0 radical (unpaired) electrons. The van der Waals surface area contributed by atoms with Crippen molar-refractivity contribution in [2.24, 2.45) is 0 Å². The van der Waals surface area contributed by atoms with Crippen LogP contribution in [0.1, 0.15) is 25.1 Å². The van der Waals surface area contributed by atoms with Gasteiger partial charge >= 0.3 is 0 Å². The van der Waals surface area contributed by atoms with Gasteiger partial charge in [0.2, 0.25) is 11.9 Å². The topological polar surface area (TPSA) is 29.9 Å². The van der Waals surface area contributed by atoms with Gasteiger partial charge in [-0.1, -0.05) is 18.5 Å². The molecular weight excluding hydrogens is 216 g/mol. The Morgan fingerprint density at radius 1 is 1.33 bits per heavy atom. The van der Waals surface area contributed by atoms with Crippen LogP contribution in [0.25, 0.3) is 0 Å². The van der Waals surface area contributed by atoms with E-state index in [1.54, 1.807) is 4.68 Å². The van der Waals surface area contributed by atoms with Crippen LogP contribution in [-0.2, 0) is 0 Å². The van der Waals surface area contributed by atoms with Crippen LogP contribution in [0.3, 0.4) is 0 Å². The molecule has 68 valence electrons. The maximum absolute atomic E-state index is 5.61. The number of hydrogen-bond acceptors (Lipinski definition) is 1. The van der Waals surface area contributed by atoms with E-state index in [2.05, 4.69) is 15.9 Å². The zero-order valence-electron chi connectivity index (χ0n) is 8.06. The fraction of sp³-hybridized carbons (Fsp3) is 0.444. The summed E-state index contributed by atoms with van der Waals surface area (Å²) in [5.74, 6) is 5.61. The molecule has 0 saturated carbocycles. The van der Waals surface area contributed by atoms with Gasteiger partial charge in [0.05, 0.1) is 4.47 Å². The van der Waals surface area contributed by atoms with Crippen molar-refractivity contribution in [1.29, 1.82) is 0 Å². The maximum Gasteiger partial charge on any atom is 0.213 e. The SMILES string of the molecule is CC.Cc1cc(Br)c[n+](N)c1C. The Bertz CT molecular complexity index is 236. The summed E-state index contributed by atoms with van der Waals surface area (Å²) < 4.78 is 2.62. The smallest absolute Gasteiger partial charge is 0.205 e. The van der Waals surface area contributed by atoms with Gasteiger partial charge in [0.25, 0.3) is 0 Å². The number of halogens is 1. The van der Waals surface area contributed by atoms with Crippen molar-refractivity contribution in [2.45, 2.75) is 27.7 Å². The fourth-order valence-electron chi connectivity index (χ4n) is 0.782. The summed E-state index contributed by atoms with van der Waals surface area (Å²) >= 11 is 3.35. The molecule has 2 N–H and O–H groups in total. The predicted molar refractivity (Wildman–Crippen MR) is 55.3 cm³/mol. The monoisotopic (exact) mass is 231 g/mol. The van der Waals surface area contributed by atoms with Gasteiger partial charge in [-0.25, -0.2) is 5.84 Å². The van der Waals surface area contributed by atoms with Gasteiger partial charge in [-0.3, -0.25) is 0 Å². The van der Waals surface area contributed by atoms with E-state index in [4.69, 9.17) is 5.84 Å². The molecule has 1 aromatic heterocycles. The van der Waals surface area contributed by atoms with E-state index in [0.717, 1.165) is 10.2 Å². The van der Waals surface area contributed by atoms with Crippen LogP contribution < -0.4 is 10.5 Å². The highest BCUT2D eigenvalue weighted by molar-refractivity contribution is 9.10. The van der Waals surface area contributed by atoms with E-state index in [1.807, 2.05) is 40.0 Å². The Hall–Kier alpha value is -0.570. The molecule has 0 amide bonds. The minimum absolute atomic E-state index is 1.01. The van der Waals surface area contributed by atoms with Crippen molar-refractivity contribution < 1.29 is 4.68 Å². The molecule has 1 heterocycles. The number of pyridine rings is 1. The standard InChI is InChI=1S/C7H10BrN2.C2H6/c1-5-3-7(8)4-10(9)6(5)2;1-2/h3-4H,9H2,1-2H3;1-2H3/q+1;. The quantitative estimate of drug-likeness (QED) is 0.538. The molecule has 0 aliphatic heterocycles. The molecule has 0 fully saturated rings. The average Bonchev–Trinajstić information content (AvgIpc) is 2.04. The lowest BCUT2D eigenvalue weighted by Crippen LogP contribution is -2.47. The van der Waals surface area contributed by atoms with Crippen LogP contribution >= 0.6 is 15.9 Å².